The maximum atomic E-state index is 10.8. The van der Waals surface area contributed by atoms with Crippen LogP contribution in [0.4, 0.5) is 5.69 Å². The third-order valence-corrected chi connectivity index (χ3v) is 2.82. The van der Waals surface area contributed by atoms with Gasteiger partial charge in [-0.15, -0.1) is 0 Å². The summed E-state index contributed by atoms with van der Waals surface area (Å²) in [5.41, 5.74) is 0.580. The highest BCUT2D eigenvalue weighted by molar-refractivity contribution is 5.93. The van der Waals surface area contributed by atoms with Gasteiger partial charge in [-0.3, -0.25) is 15.1 Å². The van der Waals surface area contributed by atoms with Gasteiger partial charge in [0.2, 0.25) is 5.75 Å². The fourth-order valence-electron chi connectivity index (χ4n) is 1.95. The largest absolute Gasteiger partial charge is 0.501 e. The van der Waals surface area contributed by atoms with Gasteiger partial charge >= 0.3 is 5.69 Å². The van der Waals surface area contributed by atoms with Gasteiger partial charge in [0.25, 0.3) is 0 Å². The maximum Gasteiger partial charge on any atom is 0.313 e. The number of imidazole rings is 1. The predicted molar refractivity (Wildman–Crippen MR) is 67.2 cm³/mol. The van der Waals surface area contributed by atoms with Crippen molar-refractivity contribution in [3.8, 4) is 11.4 Å². The summed E-state index contributed by atoms with van der Waals surface area (Å²) in [5.74, 6) is -0.426. The highest BCUT2D eigenvalue weighted by atomic mass is 16.6. The van der Waals surface area contributed by atoms with Crippen molar-refractivity contribution in [1.82, 2.24) is 14.5 Å². The minimum absolute atomic E-state index is 0.195. The molecule has 0 atom stereocenters. The first-order chi connectivity index (χ1) is 9.18. The van der Waals surface area contributed by atoms with Crippen LogP contribution >= 0.6 is 0 Å². The molecule has 0 bridgehead atoms. The summed E-state index contributed by atoms with van der Waals surface area (Å²) in [6.07, 6.45) is 6.46. The van der Waals surface area contributed by atoms with Crippen LogP contribution in [0.3, 0.4) is 0 Å². The monoisotopic (exact) mass is 256 g/mol. The molecule has 0 spiro atoms. The molecule has 1 N–H and O–H groups in total. The number of phenols is 1. The molecule has 94 valence electrons. The Morgan fingerprint density at radius 2 is 2.11 bits per heavy atom. The van der Waals surface area contributed by atoms with E-state index >= 15 is 0 Å². The molecule has 0 saturated carbocycles. The van der Waals surface area contributed by atoms with Crippen molar-refractivity contribution in [2.45, 2.75) is 0 Å². The number of fused-ring (bicyclic) bond motifs is 1. The van der Waals surface area contributed by atoms with E-state index in [1.807, 2.05) is 0 Å². The van der Waals surface area contributed by atoms with E-state index in [0.29, 0.717) is 5.39 Å². The first-order valence-corrected chi connectivity index (χ1v) is 5.42. The zero-order chi connectivity index (χ0) is 13.4. The fraction of sp³-hybridized carbons (Fsp3) is 0. The summed E-state index contributed by atoms with van der Waals surface area (Å²) >= 11 is 0. The molecule has 19 heavy (non-hydrogen) atoms. The van der Waals surface area contributed by atoms with Gasteiger partial charge in [-0.05, 0) is 12.1 Å². The molecule has 2 heterocycles. The number of hydrogen-bond acceptors (Lipinski definition) is 5. The molecule has 7 heteroatoms. The average molecular weight is 256 g/mol. The lowest BCUT2D eigenvalue weighted by molar-refractivity contribution is -0.385. The second-order valence-corrected chi connectivity index (χ2v) is 3.89. The van der Waals surface area contributed by atoms with Crippen LogP contribution in [0.2, 0.25) is 0 Å². The molecule has 0 aliphatic carbocycles. The van der Waals surface area contributed by atoms with Crippen molar-refractivity contribution in [3.63, 3.8) is 0 Å². The number of pyridine rings is 1. The van der Waals surface area contributed by atoms with Crippen LogP contribution in [0.15, 0.2) is 43.1 Å². The molecule has 0 aliphatic rings. The van der Waals surface area contributed by atoms with Gasteiger partial charge in [0, 0.05) is 30.0 Å². The van der Waals surface area contributed by atoms with E-state index in [-0.39, 0.29) is 11.2 Å². The summed E-state index contributed by atoms with van der Waals surface area (Å²) < 4.78 is 1.75. The molecule has 7 nitrogen and oxygen atoms in total. The zero-order valence-electron chi connectivity index (χ0n) is 9.59. The molecule has 0 amide bonds. The first-order valence-electron chi connectivity index (χ1n) is 5.42. The number of phenolic OH excluding ortho intramolecular Hbond substituents is 1. The highest BCUT2D eigenvalue weighted by Gasteiger charge is 2.18. The van der Waals surface area contributed by atoms with E-state index in [2.05, 4.69) is 9.97 Å². The van der Waals surface area contributed by atoms with E-state index in [9.17, 15) is 15.2 Å². The van der Waals surface area contributed by atoms with Crippen LogP contribution in [0.1, 0.15) is 0 Å². The van der Waals surface area contributed by atoms with Gasteiger partial charge < -0.3 is 9.67 Å². The van der Waals surface area contributed by atoms with E-state index in [1.165, 1.54) is 12.3 Å². The number of hydrogen-bond donors (Lipinski definition) is 1. The predicted octanol–water partition coefficient (Wildman–Crippen LogP) is 2.03. The number of nitrogens with zero attached hydrogens (tertiary/aromatic N) is 4. The fourth-order valence-corrected chi connectivity index (χ4v) is 1.95. The molecule has 0 fully saturated rings. The molecule has 0 unspecified atom stereocenters. The Kier molecular flexibility index (Phi) is 2.38. The SMILES string of the molecule is O=[N+]([O-])c1ccc2c(-n3ccnc3)ccnc2c1O. The van der Waals surface area contributed by atoms with Crippen molar-refractivity contribution >= 4 is 16.6 Å². The van der Waals surface area contributed by atoms with Crippen molar-refractivity contribution in [2.24, 2.45) is 0 Å². The Hall–Kier alpha value is -2.96. The summed E-state index contributed by atoms with van der Waals surface area (Å²) in [6.45, 7) is 0. The summed E-state index contributed by atoms with van der Waals surface area (Å²) in [4.78, 5) is 18.1. The number of aromatic nitrogens is 3. The number of nitro benzene ring substituents is 1. The topological polar surface area (TPSA) is 94.1 Å². The third-order valence-electron chi connectivity index (χ3n) is 2.82. The smallest absolute Gasteiger partial charge is 0.313 e. The van der Waals surface area contributed by atoms with Crippen LogP contribution < -0.4 is 0 Å². The van der Waals surface area contributed by atoms with Crippen molar-refractivity contribution in [2.75, 3.05) is 0 Å². The summed E-state index contributed by atoms with van der Waals surface area (Å²) in [6, 6.07) is 4.57. The summed E-state index contributed by atoms with van der Waals surface area (Å²) in [7, 11) is 0. The molecular weight excluding hydrogens is 248 g/mol. The second-order valence-electron chi connectivity index (χ2n) is 3.89. The van der Waals surface area contributed by atoms with Gasteiger partial charge in [0.15, 0.2) is 0 Å². The van der Waals surface area contributed by atoms with Crippen LogP contribution in [-0.4, -0.2) is 24.6 Å². The maximum absolute atomic E-state index is 10.8. The Morgan fingerprint density at radius 1 is 1.26 bits per heavy atom. The van der Waals surface area contributed by atoms with Crippen LogP contribution in [0.25, 0.3) is 16.6 Å². The number of benzene rings is 1. The zero-order valence-corrected chi connectivity index (χ0v) is 9.59. The van der Waals surface area contributed by atoms with Gasteiger partial charge in [0.05, 0.1) is 16.9 Å². The average Bonchev–Trinajstić information content (AvgIpc) is 2.92. The molecule has 1 aromatic carbocycles. The Balaban J connectivity index is 2.34. The van der Waals surface area contributed by atoms with Crippen molar-refractivity contribution < 1.29 is 10.0 Å². The second kappa shape index (κ2) is 4.05. The molecule has 3 aromatic rings. The Bertz CT molecular complexity index is 768. The molecule has 0 radical (unpaired) electrons. The standard InChI is InChI=1S/C12H8N4O3/c17-12-10(16(18)19)2-1-8-9(3-4-14-11(8)12)15-6-5-13-7-15/h1-7,17H. The van der Waals surface area contributed by atoms with Crippen molar-refractivity contribution in [3.05, 3.63) is 53.2 Å². The van der Waals surface area contributed by atoms with E-state index in [0.717, 1.165) is 5.69 Å². The van der Waals surface area contributed by atoms with Gasteiger partial charge in [0.1, 0.15) is 5.52 Å². The van der Waals surface area contributed by atoms with E-state index in [4.69, 9.17) is 0 Å². The molecular formula is C12H8N4O3. The minimum atomic E-state index is -0.639. The highest BCUT2D eigenvalue weighted by Crippen LogP contribution is 2.34. The third kappa shape index (κ3) is 1.68. The van der Waals surface area contributed by atoms with Crippen LogP contribution in [0.5, 0.6) is 5.75 Å². The first kappa shape index (κ1) is 11.1. The van der Waals surface area contributed by atoms with E-state index < -0.39 is 10.7 Å². The number of nitro groups is 1. The van der Waals surface area contributed by atoms with Crippen molar-refractivity contribution in [1.29, 1.82) is 0 Å². The number of aromatic hydroxyl groups is 1. The molecule has 3 rings (SSSR count). The van der Waals surface area contributed by atoms with Crippen LogP contribution in [0, 0.1) is 10.1 Å². The number of rotatable bonds is 2. The normalized spacial score (nSPS) is 10.7. The van der Waals surface area contributed by atoms with Gasteiger partial charge in [-0.25, -0.2) is 4.98 Å². The van der Waals surface area contributed by atoms with E-state index in [1.54, 1.807) is 35.4 Å². The molecule has 0 aliphatic heterocycles. The Labute approximate surface area is 106 Å². The van der Waals surface area contributed by atoms with Gasteiger partial charge in [-0.1, -0.05) is 0 Å². The molecule has 0 saturated heterocycles. The lowest BCUT2D eigenvalue weighted by atomic mass is 10.1. The lowest BCUT2D eigenvalue weighted by Crippen LogP contribution is -1.95. The van der Waals surface area contributed by atoms with Crippen LogP contribution in [-0.2, 0) is 0 Å². The summed E-state index contributed by atoms with van der Waals surface area (Å²) in [5, 5.41) is 21.3. The quantitative estimate of drug-likeness (QED) is 0.559. The minimum Gasteiger partial charge on any atom is -0.501 e. The lowest BCUT2D eigenvalue weighted by Gasteiger charge is -2.07. The van der Waals surface area contributed by atoms with Gasteiger partial charge in [-0.2, -0.15) is 0 Å². The molecule has 2 aromatic heterocycles. The Morgan fingerprint density at radius 3 is 2.79 bits per heavy atom.